The zero-order valence-corrected chi connectivity index (χ0v) is 15.4. The molecule has 0 aliphatic rings. The van der Waals surface area contributed by atoms with Crippen molar-refractivity contribution in [2.45, 2.75) is 25.5 Å². The lowest BCUT2D eigenvalue weighted by Crippen LogP contribution is -2.51. The molecule has 0 spiro atoms. The number of rotatable bonds is 4. The molecule has 4 nitrogen and oxygen atoms in total. The molecule has 0 aliphatic carbocycles. The molecule has 0 aliphatic heterocycles. The van der Waals surface area contributed by atoms with Crippen molar-refractivity contribution in [3.63, 3.8) is 0 Å². The molecule has 136 valence electrons. The topological polar surface area (TPSA) is 77.0 Å². The van der Waals surface area contributed by atoms with Crippen LogP contribution in [0.15, 0.2) is 72.8 Å². The first-order chi connectivity index (χ1) is 12.4. The number of aliphatic carboxylic acids is 1. The van der Waals surface area contributed by atoms with Crippen molar-refractivity contribution in [1.82, 2.24) is 0 Å². The highest BCUT2D eigenvalue weighted by Crippen LogP contribution is 2.30. The highest BCUT2D eigenvalue weighted by atomic mass is 16.5. The molecule has 4 heteroatoms. The number of benzene rings is 3. The predicted octanol–water partition coefficient (Wildman–Crippen LogP) is 2.44. The van der Waals surface area contributed by atoms with Crippen LogP contribution in [0.1, 0.15) is 31.0 Å². The minimum Gasteiger partial charge on any atom is -0.547 e. The summed E-state index contributed by atoms with van der Waals surface area (Å²) in [5, 5.41) is 13.1. The highest BCUT2D eigenvalue weighted by Gasteiger charge is 2.29. The average molecular weight is 351 g/mol. The van der Waals surface area contributed by atoms with Gasteiger partial charge in [-0.25, -0.2) is 0 Å². The van der Waals surface area contributed by atoms with Crippen molar-refractivity contribution in [3.8, 4) is 0 Å². The van der Waals surface area contributed by atoms with Gasteiger partial charge in [0.15, 0.2) is 0 Å². The van der Waals surface area contributed by atoms with Gasteiger partial charge in [-0.15, -0.1) is 0 Å². The molecule has 3 aromatic rings. The molecule has 3 aromatic carbocycles. The summed E-state index contributed by atoms with van der Waals surface area (Å²) < 4.78 is 5.13. The Morgan fingerprint density at radius 1 is 1.00 bits per heavy atom. The van der Waals surface area contributed by atoms with E-state index in [0.717, 1.165) is 10.8 Å². The molecule has 2 atom stereocenters. The second-order valence-electron chi connectivity index (χ2n) is 6.36. The summed E-state index contributed by atoms with van der Waals surface area (Å²) >= 11 is 0. The first-order valence-corrected chi connectivity index (χ1v) is 8.53. The molecule has 0 radical (unpaired) electrons. The van der Waals surface area contributed by atoms with Crippen LogP contribution in [-0.2, 0) is 15.1 Å². The molecule has 0 heterocycles. The fraction of sp³-hybridized carbons (Fsp3) is 0.227. The van der Waals surface area contributed by atoms with Crippen molar-refractivity contribution in [3.05, 3.63) is 83.9 Å². The lowest BCUT2D eigenvalue weighted by molar-refractivity contribution is -0.420. The lowest BCUT2D eigenvalue weighted by Gasteiger charge is -2.30. The van der Waals surface area contributed by atoms with Crippen LogP contribution in [0.2, 0.25) is 0 Å². The molecule has 0 saturated carbocycles. The number of carbonyl (C=O) groups is 1. The molecule has 0 bridgehead atoms. The van der Waals surface area contributed by atoms with E-state index >= 15 is 0 Å². The van der Waals surface area contributed by atoms with Gasteiger partial charge in [0.2, 0.25) is 0 Å². The van der Waals surface area contributed by atoms with Crippen LogP contribution in [-0.4, -0.2) is 13.1 Å². The van der Waals surface area contributed by atoms with E-state index in [0.29, 0.717) is 11.6 Å². The van der Waals surface area contributed by atoms with Crippen molar-refractivity contribution >= 4 is 16.7 Å². The van der Waals surface area contributed by atoms with E-state index in [1.165, 1.54) is 19.6 Å². The Hall–Kier alpha value is -2.69. The van der Waals surface area contributed by atoms with Gasteiger partial charge in [-0.3, -0.25) is 0 Å². The van der Waals surface area contributed by atoms with E-state index in [9.17, 15) is 9.90 Å². The van der Waals surface area contributed by atoms with Crippen LogP contribution in [0.3, 0.4) is 0 Å². The van der Waals surface area contributed by atoms with Crippen molar-refractivity contribution in [1.29, 1.82) is 0 Å². The van der Waals surface area contributed by atoms with Crippen LogP contribution < -0.4 is 10.8 Å². The molecule has 0 unspecified atom stereocenters. The summed E-state index contributed by atoms with van der Waals surface area (Å²) in [4.78, 5) is 11.3. The van der Waals surface area contributed by atoms with E-state index in [2.05, 4.69) is 24.8 Å². The van der Waals surface area contributed by atoms with Gasteiger partial charge >= 0.3 is 0 Å². The predicted molar refractivity (Wildman–Crippen MR) is 101 cm³/mol. The first kappa shape index (κ1) is 19.6. The molecule has 0 aromatic heterocycles. The van der Waals surface area contributed by atoms with E-state index in [1.54, 1.807) is 6.07 Å². The normalized spacial score (nSPS) is 14.0. The van der Waals surface area contributed by atoms with Crippen molar-refractivity contribution < 1.29 is 20.4 Å². The third kappa shape index (κ3) is 4.28. The maximum Gasteiger partial charge on any atom is 0.130 e. The molecular weight excluding hydrogens is 326 g/mol. The van der Waals surface area contributed by atoms with Crippen LogP contribution in [0.4, 0.5) is 0 Å². The van der Waals surface area contributed by atoms with Crippen LogP contribution >= 0.6 is 0 Å². The van der Waals surface area contributed by atoms with E-state index < -0.39 is 11.6 Å². The number of methoxy groups -OCH3 is 1. The third-order valence-corrected chi connectivity index (χ3v) is 4.47. The zero-order chi connectivity index (χ0) is 19.2. The van der Waals surface area contributed by atoms with Crippen molar-refractivity contribution in [2.24, 2.45) is 0 Å². The molecule has 26 heavy (non-hydrogen) atoms. The molecule has 3 N–H and O–H groups in total. The molecule has 3 rings (SSSR count). The standard InChI is InChI=1S/C14H14O3.C8H11N/c1-14(17-2,13(15)16)12-9-5-7-10-6-3-4-8-11(10)12;1-7(9)8-5-3-2-4-6-8/h3-9H,1-2H3,(H,15,16);2-7H,9H2,1H3/t14-;7-/m01/s1. The number of ether oxygens (including phenoxy) is 1. The number of hydrogen-bond donors (Lipinski definition) is 1. The Morgan fingerprint density at radius 3 is 2.12 bits per heavy atom. The van der Waals surface area contributed by atoms with Gasteiger partial charge in [0.05, 0.1) is 5.97 Å². The highest BCUT2D eigenvalue weighted by molar-refractivity contribution is 5.91. The molecule has 0 amide bonds. The second kappa shape index (κ2) is 8.61. The fourth-order valence-corrected chi connectivity index (χ4v) is 2.73. The Bertz CT molecular complexity index is 856. The van der Waals surface area contributed by atoms with Gasteiger partial charge in [-0.05, 0) is 30.2 Å². The number of carbonyl (C=O) groups excluding carboxylic acids is 1. The monoisotopic (exact) mass is 351 g/mol. The molecular formula is C22H25NO3. The summed E-state index contributed by atoms with van der Waals surface area (Å²) in [6.45, 7) is 3.60. The van der Waals surface area contributed by atoms with Gasteiger partial charge < -0.3 is 20.4 Å². The number of fused-ring (bicyclic) bond motifs is 1. The average Bonchev–Trinajstić information content (AvgIpc) is 2.68. The summed E-state index contributed by atoms with van der Waals surface area (Å²) in [5.74, 6) is -1.24. The number of quaternary nitrogens is 1. The van der Waals surface area contributed by atoms with Gasteiger partial charge in [0.1, 0.15) is 11.6 Å². The Morgan fingerprint density at radius 2 is 1.58 bits per heavy atom. The third-order valence-electron chi connectivity index (χ3n) is 4.47. The summed E-state index contributed by atoms with van der Waals surface area (Å²) in [6, 6.07) is 23.8. The zero-order valence-electron chi connectivity index (χ0n) is 15.4. The number of carboxylic acid groups (broad SMARTS) is 1. The van der Waals surface area contributed by atoms with Crippen LogP contribution in [0.5, 0.6) is 0 Å². The summed E-state index contributed by atoms with van der Waals surface area (Å²) in [5.41, 5.74) is 4.39. The van der Waals surface area contributed by atoms with Gasteiger partial charge in [-0.2, -0.15) is 0 Å². The SMILES string of the molecule is CO[C@](C)(C(=O)[O-])c1cccc2ccccc12.C[C@@H]([NH3+])c1ccccc1. The smallest absolute Gasteiger partial charge is 0.130 e. The Balaban J connectivity index is 0.000000228. The summed E-state index contributed by atoms with van der Waals surface area (Å²) in [7, 11) is 1.37. The lowest BCUT2D eigenvalue weighted by atomic mass is 9.91. The largest absolute Gasteiger partial charge is 0.547 e. The van der Waals surface area contributed by atoms with E-state index in [1.807, 2.05) is 54.6 Å². The molecule has 0 saturated heterocycles. The Kier molecular flexibility index (Phi) is 6.50. The molecule has 0 fully saturated rings. The number of carboxylic acids is 1. The van der Waals surface area contributed by atoms with E-state index in [4.69, 9.17) is 4.74 Å². The van der Waals surface area contributed by atoms with Crippen molar-refractivity contribution in [2.75, 3.05) is 7.11 Å². The maximum atomic E-state index is 11.3. The van der Waals surface area contributed by atoms with E-state index in [-0.39, 0.29) is 0 Å². The van der Waals surface area contributed by atoms with Crippen LogP contribution in [0, 0.1) is 0 Å². The summed E-state index contributed by atoms with van der Waals surface area (Å²) in [6.07, 6.45) is 0. The second-order valence-corrected chi connectivity index (χ2v) is 6.36. The van der Waals surface area contributed by atoms with Crippen LogP contribution in [0.25, 0.3) is 10.8 Å². The van der Waals surface area contributed by atoms with Gasteiger partial charge in [-0.1, -0.05) is 72.8 Å². The Labute approximate surface area is 154 Å². The van der Waals surface area contributed by atoms with Gasteiger partial charge in [0.25, 0.3) is 0 Å². The number of hydrogen-bond acceptors (Lipinski definition) is 3. The minimum absolute atomic E-state index is 0.409. The van der Waals surface area contributed by atoms with Gasteiger partial charge in [0, 0.05) is 12.7 Å². The maximum absolute atomic E-state index is 11.3. The minimum atomic E-state index is -1.43. The quantitative estimate of drug-likeness (QED) is 0.784. The fourth-order valence-electron chi connectivity index (χ4n) is 2.73. The first-order valence-electron chi connectivity index (χ1n) is 8.53.